The first-order valence-corrected chi connectivity index (χ1v) is 6.09. The van der Waals surface area contributed by atoms with Gasteiger partial charge in [-0.3, -0.25) is 9.89 Å². The number of aromatic amines is 1. The fourth-order valence-corrected chi connectivity index (χ4v) is 1.99. The van der Waals surface area contributed by atoms with Crippen LogP contribution in [0.15, 0.2) is 32.3 Å². The molecule has 0 spiro atoms. The van der Waals surface area contributed by atoms with E-state index in [-0.39, 0.29) is 5.75 Å². The topological polar surface area (TPSA) is 79.1 Å². The van der Waals surface area contributed by atoms with Crippen molar-refractivity contribution in [3.05, 3.63) is 22.9 Å². The SMILES string of the molecule is O=C(O)CSc1cc(-c2ccc(Br)o2)[nH]n1. The number of nitrogens with one attached hydrogen (secondary N) is 1. The van der Waals surface area contributed by atoms with Crippen molar-refractivity contribution in [2.24, 2.45) is 0 Å². The third kappa shape index (κ3) is 2.67. The molecule has 0 bridgehead atoms. The fourth-order valence-electron chi connectivity index (χ4n) is 1.10. The Kier molecular flexibility index (Phi) is 3.35. The van der Waals surface area contributed by atoms with Crippen molar-refractivity contribution in [3.8, 4) is 11.5 Å². The molecule has 7 heteroatoms. The molecule has 0 atom stereocenters. The van der Waals surface area contributed by atoms with Crippen molar-refractivity contribution >= 4 is 33.7 Å². The Morgan fingerprint density at radius 2 is 2.44 bits per heavy atom. The molecule has 0 aliphatic carbocycles. The smallest absolute Gasteiger partial charge is 0.313 e. The van der Waals surface area contributed by atoms with E-state index in [2.05, 4.69) is 26.1 Å². The summed E-state index contributed by atoms with van der Waals surface area (Å²) in [6, 6.07) is 5.32. The van der Waals surface area contributed by atoms with E-state index in [0.717, 1.165) is 17.5 Å². The average Bonchev–Trinajstić information content (AvgIpc) is 2.83. The Morgan fingerprint density at radius 1 is 1.62 bits per heavy atom. The highest BCUT2D eigenvalue weighted by Gasteiger charge is 2.08. The molecule has 0 unspecified atom stereocenters. The highest BCUT2D eigenvalue weighted by atomic mass is 79.9. The molecule has 2 aromatic heterocycles. The Balaban J connectivity index is 2.10. The van der Waals surface area contributed by atoms with Crippen molar-refractivity contribution in [2.45, 2.75) is 5.03 Å². The summed E-state index contributed by atoms with van der Waals surface area (Å²) in [5.41, 5.74) is 0.721. The Hall–Kier alpha value is -1.21. The van der Waals surface area contributed by atoms with Crippen LogP contribution in [0.5, 0.6) is 0 Å². The zero-order chi connectivity index (χ0) is 11.5. The van der Waals surface area contributed by atoms with Crippen LogP contribution in [-0.4, -0.2) is 27.0 Å². The summed E-state index contributed by atoms with van der Waals surface area (Å²) in [6.45, 7) is 0. The lowest BCUT2D eigenvalue weighted by Crippen LogP contribution is -1.97. The van der Waals surface area contributed by atoms with Crippen molar-refractivity contribution in [2.75, 3.05) is 5.75 Å². The molecular formula is C9H7BrN2O3S. The minimum atomic E-state index is -0.865. The quantitative estimate of drug-likeness (QED) is 0.849. The number of hydrogen-bond acceptors (Lipinski definition) is 4. The maximum absolute atomic E-state index is 10.4. The lowest BCUT2D eigenvalue weighted by atomic mass is 10.3. The first kappa shape index (κ1) is 11.3. The zero-order valence-electron chi connectivity index (χ0n) is 7.94. The summed E-state index contributed by atoms with van der Waals surface area (Å²) in [7, 11) is 0. The summed E-state index contributed by atoms with van der Waals surface area (Å²) < 4.78 is 5.96. The predicted octanol–water partition coefficient (Wildman–Crippen LogP) is 2.61. The van der Waals surface area contributed by atoms with Crippen LogP contribution in [0.2, 0.25) is 0 Å². The second-order valence-corrected chi connectivity index (χ2v) is 4.68. The maximum atomic E-state index is 10.4. The number of H-pyrrole nitrogens is 1. The number of nitrogens with zero attached hydrogens (tertiary/aromatic N) is 1. The number of thioether (sulfide) groups is 1. The second kappa shape index (κ2) is 4.75. The largest absolute Gasteiger partial charge is 0.481 e. The van der Waals surface area contributed by atoms with Crippen LogP contribution in [0.1, 0.15) is 0 Å². The van der Waals surface area contributed by atoms with Gasteiger partial charge in [-0.05, 0) is 28.1 Å². The van der Waals surface area contributed by atoms with Crippen molar-refractivity contribution < 1.29 is 14.3 Å². The summed E-state index contributed by atoms with van der Waals surface area (Å²) in [6.07, 6.45) is 0. The van der Waals surface area contributed by atoms with E-state index in [1.165, 1.54) is 0 Å². The van der Waals surface area contributed by atoms with Gasteiger partial charge in [-0.2, -0.15) is 5.10 Å². The molecule has 2 N–H and O–H groups in total. The van der Waals surface area contributed by atoms with Gasteiger partial charge in [0.1, 0.15) is 10.7 Å². The van der Waals surface area contributed by atoms with Crippen LogP contribution in [-0.2, 0) is 4.79 Å². The van der Waals surface area contributed by atoms with E-state index in [9.17, 15) is 4.79 Å². The van der Waals surface area contributed by atoms with Crippen LogP contribution in [0, 0.1) is 0 Å². The zero-order valence-corrected chi connectivity index (χ0v) is 10.3. The van der Waals surface area contributed by atoms with Gasteiger partial charge in [0.25, 0.3) is 0 Å². The number of carbonyl (C=O) groups is 1. The van der Waals surface area contributed by atoms with Crippen LogP contribution in [0.4, 0.5) is 0 Å². The van der Waals surface area contributed by atoms with E-state index in [1.807, 2.05) is 0 Å². The second-order valence-electron chi connectivity index (χ2n) is 2.91. The molecule has 84 valence electrons. The fraction of sp³-hybridized carbons (Fsp3) is 0.111. The molecule has 0 saturated heterocycles. The highest BCUT2D eigenvalue weighted by Crippen LogP contribution is 2.26. The molecule has 0 fully saturated rings. The molecule has 5 nitrogen and oxygen atoms in total. The monoisotopic (exact) mass is 302 g/mol. The predicted molar refractivity (Wildman–Crippen MR) is 62.3 cm³/mol. The normalized spacial score (nSPS) is 10.6. The van der Waals surface area contributed by atoms with Gasteiger partial charge in [0.15, 0.2) is 10.4 Å². The third-order valence-corrected chi connectivity index (χ3v) is 3.06. The number of aliphatic carboxylic acids is 1. The molecule has 0 saturated carbocycles. The molecule has 2 rings (SSSR count). The Bertz CT molecular complexity index is 508. The molecule has 0 aliphatic heterocycles. The minimum absolute atomic E-state index is 0.00780. The number of rotatable bonds is 4. The van der Waals surface area contributed by atoms with Gasteiger partial charge in [-0.15, -0.1) is 0 Å². The molecular weight excluding hydrogens is 296 g/mol. The van der Waals surface area contributed by atoms with Crippen LogP contribution in [0.25, 0.3) is 11.5 Å². The van der Waals surface area contributed by atoms with E-state index in [1.54, 1.807) is 18.2 Å². The minimum Gasteiger partial charge on any atom is -0.481 e. The molecule has 2 heterocycles. The van der Waals surface area contributed by atoms with Crippen molar-refractivity contribution in [1.29, 1.82) is 0 Å². The van der Waals surface area contributed by atoms with Gasteiger partial charge in [0.2, 0.25) is 0 Å². The highest BCUT2D eigenvalue weighted by molar-refractivity contribution is 9.10. The van der Waals surface area contributed by atoms with E-state index in [0.29, 0.717) is 15.5 Å². The van der Waals surface area contributed by atoms with Gasteiger partial charge < -0.3 is 9.52 Å². The molecule has 0 aliphatic rings. The number of furan rings is 1. The molecule has 2 aromatic rings. The lowest BCUT2D eigenvalue weighted by Gasteiger charge is -1.89. The summed E-state index contributed by atoms with van der Waals surface area (Å²) in [4.78, 5) is 10.4. The summed E-state index contributed by atoms with van der Waals surface area (Å²) in [5, 5.41) is 15.9. The van der Waals surface area contributed by atoms with E-state index in [4.69, 9.17) is 9.52 Å². The molecule has 0 amide bonds. The van der Waals surface area contributed by atoms with Crippen LogP contribution < -0.4 is 0 Å². The number of carboxylic acid groups (broad SMARTS) is 1. The van der Waals surface area contributed by atoms with Crippen molar-refractivity contribution in [1.82, 2.24) is 10.2 Å². The molecule has 0 radical (unpaired) electrons. The summed E-state index contributed by atoms with van der Waals surface area (Å²) in [5.74, 6) is -0.219. The van der Waals surface area contributed by atoms with Gasteiger partial charge in [-0.25, -0.2) is 0 Å². The average molecular weight is 303 g/mol. The summed E-state index contributed by atoms with van der Waals surface area (Å²) >= 11 is 4.36. The van der Waals surface area contributed by atoms with Gasteiger partial charge in [-0.1, -0.05) is 11.8 Å². The number of halogens is 1. The third-order valence-electron chi connectivity index (χ3n) is 1.74. The van der Waals surface area contributed by atoms with Gasteiger partial charge >= 0.3 is 5.97 Å². The Morgan fingerprint density at radius 3 is 3.06 bits per heavy atom. The Labute approximate surface area is 103 Å². The van der Waals surface area contributed by atoms with E-state index >= 15 is 0 Å². The first-order chi connectivity index (χ1) is 7.65. The standard InChI is InChI=1S/C9H7BrN2O3S/c10-7-2-1-6(15-7)5-3-8(12-11-5)16-4-9(13)14/h1-3H,4H2,(H,11,12)(H,13,14). The number of hydrogen-bond donors (Lipinski definition) is 2. The van der Waals surface area contributed by atoms with Crippen LogP contribution in [0.3, 0.4) is 0 Å². The number of carboxylic acids is 1. The van der Waals surface area contributed by atoms with E-state index < -0.39 is 5.97 Å². The number of aromatic nitrogens is 2. The van der Waals surface area contributed by atoms with Gasteiger partial charge in [0, 0.05) is 6.07 Å². The molecule has 16 heavy (non-hydrogen) atoms. The lowest BCUT2D eigenvalue weighted by molar-refractivity contribution is -0.133. The molecule has 0 aromatic carbocycles. The van der Waals surface area contributed by atoms with Gasteiger partial charge in [0.05, 0.1) is 5.75 Å². The van der Waals surface area contributed by atoms with Crippen LogP contribution >= 0.6 is 27.7 Å². The van der Waals surface area contributed by atoms with Crippen molar-refractivity contribution in [3.63, 3.8) is 0 Å². The first-order valence-electron chi connectivity index (χ1n) is 4.31. The maximum Gasteiger partial charge on any atom is 0.313 e.